The van der Waals surface area contributed by atoms with Crippen molar-refractivity contribution >= 4 is 17.4 Å². The molecule has 104 valence electrons. The minimum absolute atomic E-state index is 0.0640. The number of rotatable bonds is 4. The maximum atomic E-state index is 8.63. The molecule has 6 heteroatoms. The first kappa shape index (κ1) is 14.1. The van der Waals surface area contributed by atoms with Crippen molar-refractivity contribution < 1.29 is 9.94 Å². The van der Waals surface area contributed by atoms with Crippen LogP contribution in [-0.2, 0) is 11.3 Å². The molecule has 1 aromatic carbocycles. The number of methoxy groups -OCH3 is 1. The molecular weight excluding hydrogens is 266 g/mol. The molecule has 0 aliphatic carbocycles. The van der Waals surface area contributed by atoms with E-state index in [1.54, 1.807) is 19.2 Å². The number of nitrogens with two attached hydrogens (primary N) is 1. The molecule has 0 radical (unpaired) electrons. The van der Waals surface area contributed by atoms with E-state index < -0.39 is 0 Å². The van der Waals surface area contributed by atoms with Gasteiger partial charge >= 0.3 is 0 Å². The molecule has 1 heterocycles. The fraction of sp³-hybridized carbons (Fsp3) is 0.462. The van der Waals surface area contributed by atoms with Gasteiger partial charge in [-0.25, -0.2) is 0 Å². The van der Waals surface area contributed by atoms with E-state index >= 15 is 0 Å². The molecule has 1 saturated heterocycles. The summed E-state index contributed by atoms with van der Waals surface area (Å²) < 4.78 is 5.34. The van der Waals surface area contributed by atoms with E-state index in [1.165, 1.54) is 0 Å². The molecule has 1 aliphatic rings. The number of likely N-dealkylation sites (tertiary alicyclic amines) is 1. The Labute approximate surface area is 117 Å². The first-order valence-electron chi connectivity index (χ1n) is 6.15. The maximum Gasteiger partial charge on any atom is 0.170 e. The number of ether oxygens (including phenoxy) is 1. The van der Waals surface area contributed by atoms with Crippen molar-refractivity contribution in [2.24, 2.45) is 10.9 Å². The van der Waals surface area contributed by atoms with Gasteiger partial charge < -0.3 is 15.7 Å². The average molecular weight is 284 g/mol. The lowest BCUT2D eigenvalue weighted by Gasteiger charge is -2.16. The average Bonchev–Trinajstić information content (AvgIpc) is 2.88. The van der Waals surface area contributed by atoms with Crippen LogP contribution in [0.3, 0.4) is 0 Å². The van der Waals surface area contributed by atoms with Gasteiger partial charge in [0.2, 0.25) is 0 Å². The monoisotopic (exact) mass is 283 g/mol. The SMILES string of the molecule is COC1CCN(Cc2ccc(/C(N)=N/O)cc2Cl)C1. The number of halogens is 1. The van der Waals surface area contributed by atoms with E-state index in [0.717, 1.165) is 31.6 Å². The van der Waals surface area contributed by atoms with Crippen LogP contribution in [0.25, 0.3) is 0 Å². The smallest absolute Gasteiger partial charge is 0.170 e. The second-order valence-electron chi connectivity index (χ2n) is 4.67. The van der Waals surface area contributed by atoms with Crippen LogP contribution in [-0.4, -0.2) is 42.2 Å². The van der Waals surface area contributed by atoms with Crippen LogP contribution in [0, 0.1) is 0 Å². The number of hydrogen-bond acceptors (Lipinski definition) is 4. The largest absolute Gasteiger partial charge is 0.409 e. The standard InChI is InChI=1S/C13H18ClN3O2/c1-19-11-4-5-17(8-11)7-10-3-2-9(6-12(10)14)13(15)16-18/h2-3,6,11,18H,4-5,7-8H2,1H3,(H2,15,16). The van der Waals surface area contributed by atoms with Crippen LogP contribution in [0.4, 0.5) is 0 Å². The minimum Gasteiger partial charge on any atom is -0.409 e. The number of hydrogen-bond donors (Lipinski definition) is 2. The Morgan fingerprint density at radius 2 is 2.42 bits per heavy atom. The normalized spacial score (nSPS) is 20.9. The predicted molar refractivity (Wildman–Crippen MR) is 74.7 cm³/mol. The Bertz CT molecular complexity index is 479. The van der Waals surface area contributed by atoms with Gasteiger partial charge in [-0.3, -0.25) is 4.90 Å². The summed E-state index contributed by atoms with van der Waals surface area (Å²) in [5.74, 6) is 0.0640. The van der Waals surface area contributed by atoms with Crippen molar-refractivity contribution in [1.82, 2.24) is 4.90 Å². The summed E-state index contributed by atoms with van der Waals surface area (Å²) >= 11 is 6.23. The zero-order chi connectivity index (χ0) is 13.8. The van der Waals surface area contributed by atoms with Gasteiger partial charge in [-0.1, -0.05) is 28.9 Å². The maximum absolute atomic E-state index is 8.63. The first-order valence-corrected chi connectivity index (χ1v) is 6.53. The zero-order valence-electron chi connectivity index (χ0n) is 10.8. The fourth-order valence-electron chi connectivity index (χ4n) is 2.27. The molecule has 0 aromatic heterocycles. The second kappa shape index (κ2) is 6.23. The summed E-state index contributed by atoms with van der Waals surface area (Å²) in [4.78, 5) is 2.30. The highest BCUT2D eigenvalue weighted by molar-refractivity contribution is 6.31. The van der Waals surface area contributed by atoms with Gasteiger partial charge in [0.25, 0.3) is 0 Å². The highest BCUT2D eigenvalue weighted by Crippen LogP contribution is 2.22. The van der Waals surface area contributed by atoms with Crippen molar-refractivity contribution in [2.75, 3.05) is 20.2 Å². The molecule has 0 amide bonds. The molecule has 1 unspecified atom stereocenters. The third kappa shape index (κ3) is 3.37. The van der Waals surface area contributed by atoms with Crippen LogP contribution in [0.15, 0.2) is 23.4 Å². The van der Waals surface area contributed by atoms with Crippen LogP contribution in [0.2, 0.25) is 5.02 Å². The van der Waals surface area contributed by atoms with E-state index in [4.69, 9.17) is 27.3 Å². The van der Waals surface area contributed by atoms with Gasteiger partial charge in [-0.05, 0) is 18.1 Å². The molecule has 1 aromatic rings. The third-order valence-corrected chi connectivity index (χ3v) is 3.76. The molecule has 0 bridgehead atoms. The fourth-order valence-corrected chi connectivity index (χ4v) is 2.51. The van der Waals surface area contributed by atoms with E-state index in [9.17, 15) is 0 Å². The Kier molecular flexibility index (Phi) is 4.63. The summed E-state index contributed by atoms with van der Waals surface area (Å²) in [6, 6.07) is 5.44. The molecule has 2 rings (SSSR count). The Balaban J connectivity index is 2.06. The Morgan fingerprint density at radius 1 is 1.63 bits per heavy atom. The van der Waals surface area contributed by atoms with Gasteiger partial charge in [0.05, 0.1) is 6.10 Å². The van der Waals surface area contributed by atoms with Crippen LogP contribution in [0.5, 0.6) is 0 Å². The van der Waals surface area contributed by atoms with E-state index in [0.29, 0.717) is 16.7 Å². The highest BCUT2D eigenvalue weighted by Gasteiger charge is 2.22. The van der Waals surface area contributed by atoms with Gasteiger partial charge in [-0.2, -0.15) is 0 Å². The highest BCUT2D eigenvalue weighted by atomic mass is 35.5. The van der Waals surface area contributed by atoms with Crippen molar-refractivity contribution in [1.29, 1.82) is 0 Å². The molecular formula is C13H18ClN3O2. The lowest BCUT2D eigenvalue weighted by molar-refractivity contribution is 0.107. The lowest BCUT2D eigenvalue weighted by Crippen LogP contribution is -2.22. The number of amidine groups is 1. The molecule has 5 nitrogen and oxygen atoms in total. The molecule has 19 heavy (non-hydrogen) atoms. The topological polar surface area (TPSA) is 71.1 Å². The quantitative estimate of drug-likeness (QED) is 0.381. The van der Waals surface area contributed by atoms with Crippen LogP contribution < -0.4 is 5.73 Å². The Hall–Kier alpha value is -1.30. The first-order chi connectivity index (χ1) is 9.13. The molecule has 1 aliphatic heterocycles. The van der Waals surface area contributed by atoms with E-state index in [-0.39, 0.29) is 5.84 Å². The summed E-state index contributed by atoms with van der Waals surface area (Å²) in [5, 5.41) is 12.2. The van der Waals surface area contributed by atoms with E-state index in [1.807, 2.05) is 6.07 Å². The second-order valence-corrected chi connectivity index (χ2v) is 5.08. The summed E-state index contributed by atoms with van der Waals surface area (Å²) in [6.07, 6.45) is 1.37. The van der Waals surface area contributed by atoms with Crippen molar-refractivity contribution in [3.63, 3.8) is 0 Å². The molecule has 1 fully saturated rings. The van der Waals surface area contributed by atoms with Gasteiger partial charge in [0.15, 0.2) is 5.84 Å². The lowest BCUT2D eigenvalue weighted by atomic mass is 10.1. The summed E-state index contributed by atoms with van der Waals surface area (Å²) in [7, 11) is 1.74. The molecule has 0 saturated carbocycles. The zero-order valence-corrected chi connectivity index (χ0v) is 11.6. The molecule has 0 spiro atoms. The van der Waals surface area contributed by atoms with Gasteiger partial charge in [0, 0.05) is 37.3 Å². The third-order valence-electron chi connectivity index (χ3n) is 3.41. The minimum atomic E-state index is 0.0640. The molecule has 1 atom stereocenters. The molecule has 3 N–H and O–H groups in total. The summed E-state index contributed by atoms with van der Waals surface area (Å²) in [6.45, 7) is 2.72. The van der Waals surface area contributed by atoms with E-state index in [2.05, 4.69) is 10.1 Å². The van der Waals surface area contributed by atoms with Crippen LogP contribution in [0.1, 0.15) is 17.5 Å². The van der Waals surface area contributed by atoms with Crippen molar-refractivity contribution in [3.05, 3.63) is 34.3 Å². The number of nitrogens with zero attached hydrogens (tertiary/aromatic N) is 2. The van der Waals surface area contributed by atoms with Crippen LogP contribution >= 0.6 is 11.6 Å². The van der Waals surface area contributed by atoms with Crippen molar-refractivity contribution in [2.45, 2.75) is 19.1 Å². The Morgan fingerprint density at radius 3 is 3.00 bits per heavy atom. The van der Waals surface area contributed by atoms with Gasteiger partial charge in [-0.15, -0.1) is 0 Å². The van der Waals surface area contributed by atoms with Gasteiger partial charge in [0.1, 0.15) is 0 Å². The predicted octanol–water partition coefficient (Wildman–Crippen LogP) is 1.66. The number of oxime groups is 1. The summed E-state index contributed by atoms with van der Waals surface area (Å²) in [5.41, 5.74) is 7.18. The number of benzene rings is 1. The van der Waals surface area contributed by atoms with Crippen molar-refractivity contribution in [3.8, 4) is 0 Å².